The van der Waals surface area contributed by atoms with Gasteiger partial charge < -0.3 is 4.98 Å². The number of aromatic nitrogens is 2. The number of nitrogens with one attached hydrogen (secondary N) is 2. The molecule has 2 rings (SSSR count). The molecule has 0 aliphatic carbocycles. The maximum absolute atomic E-state index is 13.3. The Hall–Kier alpha value is -2.10. The number of H-pyrrole nitrogens is 1. The topological polar surface area (TPSA) is 74.8 Å². The number of aromatic amines is 1. The van der Waals surface area contributed by atoms with Gasteiger partial charge >= 0.3 is 0 Å². The summed E-state index contributed by atoms with van der Waals surface area (Å²) in [6.07, 6.45) is 1.86. The molecule has 19 heavy (non-hydrogen) atoms. The Balaban J connectivity index is 2.51. The van der Waals surface area contributed by atoms with E-state index in [0.717, 1.165) is 12.5 Å². The molecule has 10 heteroatoms. The van der Waals surface area contributed by atoms with E-state index < -0.39 is 44.0 Å². The highest BCUT2D eigenvalue weighted by Crippen LogP contribution is 2.26. The van der Waals surface area contributed by atoms with E-state index >= 15 is 0 Å². The number of nitrogens with zero attached hydrogens (tertiary/aromatic N) is 1. The van der Waals surface area contributed by atoms with Crippen LogP contribution in [0, 0.1) is 23.3 Å². The van der Waals surface area contributed by atoms with Crippen molar-refractivity contribution in [1.82, 2.24) is 9.97 Å². The average molecular weight is 295 g/mol. The van der Waals surface area contributed by atoms with Gasteiger partial charge in [0.2, 0.25) is 0 Å². The Morgan fingerprint density at radius 1 is 1.11 bits per heavy atom. The number of anilines is 1. The lowest BCUT2D eigenvalue weighted by atomic mass is 10.3. The number of imidazole rings is 1. The van der Waals surface area contributed by atoms with E-state index in [2.05, 4.69) is 9.97 Å². The predicted octanol–water partition coefficient (Wildman–Crippen LogP) is 1.77. The van der Waals surface area contributed by atoms with Gasteiger partial charge in [0.25, 0.3) is 10.0 Å². The van der Waals surface area contributed by atoms with Gasteiger partial charge in [0.15, 0.2) is 28.3 Å². The minimum atomic E-state index is -4.43. The molecule has 0 unspecified atom stereocenters. The first-order chi connectivity index (χ1) is 8.83. The highest BCUT2D eigenvalue weighted by Gasteiger charge is 2.25. The Kier molecular flexibility index (Phi) is 3.18. The van der Waals surface area contributed by atoms with E-state index in [1.165, 1.54) is 4.72 Å². The molecule has 0 saturated heterocycles. The number of hydrogen-bond acceptors (Lipinski definition) is 3. The third-order valence-electron chi connectivity index (χ3n) is 2.11. The number of rotatable bonds is 3. The number of sulfonamides is 1. The second-order valence-electron chi connectivity index (χ2n) is 3.36. The maximum atomic E-state index is 13.3. The van der Waals surface area contributed by atoms with E-state index in [9.17, 15) is 26.0 Å². The van der Waals surface area contributed by atoms with Crippen molar-refractivity contribution in [3.05, 3.63) is 41.9 Å². The third-order valence-corrected chi connectivity index (χ3v) is 3.39. The summed E-state index contributed by atoms with van der Waals surface area (Å²) in [7, 11) is -4.43. The van der Waals surface area contributed by atoms with Crippen LogP contribution in [0.2, 0.25) is 0 Å². The Labute approximate surface area is 104 Å². The van der Waals surface area contributed by atoms with Crippen molar-refractivity contribution in [2.24, 2.45) is 0 Å². The SMILES string of the molecule is O=S(=O)(Nc1c(F)c(F)cc(F)c1F)c1cnc[nH]1. The van der Waals surface area contributed by atoms with Crippen molar-refractivity contribution in [1.29, 1.82) is 0 Å². The molecule has 0 fully saturated rings. The molecule has 0 amide bonds. The summed E-state index contributed by atoms with van der Waals surface area (Å²) < 4.78 is 77.0. The molecule has 0 spiro atoms. The standard InChI is InChI=1S/C9H5F4N3O2S/c10-4-1-5(11)8(13)9(7(4)12)16-19(17,18)6-2-14-3-15-6/h1-3,16H,(H,14,15). The molecule has 2 N–H and O–H groups in total. The highest BCUT2D eigenvalue weighted by atomic mass is 32.2. The smallest absolute Gasteiger partial charge is 0.279 e. The lowest BCUT2D eigenvalue weighted by Gasteiger charge is -2.09. The zero-order chi connectivity index (χ0) is 14.2. The lowest BCUT2D eigenvalue weighted by Crippen LogP contribution is -2.16. The summed E-state index contributed by atoms with van der Waals surface area (Å²) in [5.41, 5.74) is -1.44. The Morgan fingerprint density at radius 3 is 2.16 bits per heavy atom. The van der Waals surface area contributed by atoms with Gasteiger partial charge in [0.05, 0.1) is 12.5 Å². The Bertz CT molecular complexity index is 689. The van der Waals surface area contributed by atoms with Gasteiger partial charge in [-0.15, -0.1) is 0 Å². The minimum Gasteiger partial charge on any atom is -0.334 e. The van der Waals surface area contributed by atoms with Gasteiger partial charge in [0.1, 0.15) is 5.69 Å². The summed E-state index contributed by atoms with van der Waals surface area (Å²) in [5, 5.41) is -0.518. The molecule has 0 radical (unpaired) electrons. The van der Waals surface area contributed by atoms with E-state index in [4.69, 9.17) is 0 Å². The van der Waals surface area contributed by atoms with Gasteiger partial charge in [-0.2, -0.15) is 8.42 Å². The van der Waals surface area contributed by atoms with Crippen LogP contribution in [0.4, 0.5) is 23.2 Å². The molecule has 1 aromatic heterocycles. The van der Waals surface area contributed by atoms with Crippen LogP contribution in [0.25, 0.3) is 0 Å². The zero-order valence-electron chi connectivity index (χ0n) is 8.92. The largest absolute Gasteiger partial charge is 0.334 e. The average Bonchev–Trinajstić information content (AvgIpc) is 2.87. The summed E-state index contributed by atoms with van der Waals surface area (Å²) in [5.74, 6) is -7.13. The molecule has 0 aliphatic rings. The summed E-state index contributed by atoms with van der Waals surface area (Å²) in [4.78, 5) is 5.57. The minimum absolute atomic E-state index is 0.0291. The molecule has 5 nitrogen and oxygen atoms in total. The van der Waals surface area contributed by atoms with Crippen LogP contribution in [-0.2, 0) is 10.0 Å². The van der Waals surface area contributed by atoms with Crippen molar-refractivity contribution in [2.75, 3.05) is 4.72 Å². The van der Waals surface area contributed by atoms with Crippen molar-refractivity contribution >= 4 is 15.7 Å². The van der Waals surface area contributed by atoms with E-state index in [-0.39, 0.29) is 6.07 Å². The molecule has 2 aromatic rings. The van der Waals surface area contributed by atoms with Crippen LogP contribution in [-0.4, -0.2) is 18.4 Å². The molecule has 1 heterocycles. The normalized spacial score (nSPS) is 11.6. The molecule has 0 atom stereocenters. The van der Waals surface area contributed by atoms with Crippen LogP contribution in [0.15, 0.2) is 23.6 Å². The second-order valence-corrected chi connectivity index (χ2v) is 5.02. The predicted molar refractivity (Wildman–Crippen MR) is 55.7 cm³/mol. The maximum Gasteiger partial charge on any atom is 0.279 e. The summed E-state index contributed by atoms with van der Waals surface area (Å²) >= 11 is 0. The number of benzene rings is 1. The third kappa shape index (κ3) is 2.38. The van der Waals surface area contributed by atoms with Gasteiger partial charge in [-0.1, -0.05) is 0 Å². The van der Waals surface area contributed by atoms with Crippen molar-refractivity contribution in [2.45, 2.75) is 5.03 Å². The van der Waals surface area contributed by atoms with Crippen LogP contribution < -0.4 is 4.72 Å². The van der Waals surface area contributed by atoms with Crippen LogP contribution in [0.5, 0.6) is 0 Å². The van der Waals surface area contributed by atoms with Crippen molar-refractivity contribution in [3.63, 3.8) is 0 Å². The second kappa shape index (κ2) is 4.53. The quantitative estimate of drug-likeness (QED) is 0.669. The van der Waals surface area contributed by atoms with E-state index in [1.54, 1.807) is 0 Å². The first kappa shape index (κ1) is 13.3. The first-order valence-corrected chi connectivity index (χ1v) is 6.15. The van der Waals surface area contributed by atoms with Crippen LogP contribution in [0.1, 0.15) is 0 Å². The van der Waals surface area contributed by atoms with Crippen molar-refractivity contribution in [3.8, 4) is 0 Å². The van der Waals surface area contributed by atoms with Gasteiger partial charge in [-0.3, -0.25) is 4.72 Å². The van der Waals surface area contributed by atoms with Gasteiger partial charge in [0, 0.05) is 6.07 Å². The molecule has 1 aromatic carbocycles. The first-order valence-electron chi connectivity index (χ1n) is 4.67. The van der Waals surface area contributed by atoms with E-state index in [1.807, 2.05) is 0 Å². The zero-order valence-corrected chi connectivity index (χ0v) is 9.73. The number of halogens is 4. The summed E-state index contributed by atoms with van der Waals surface area (Å²) in [6, 6.07) is -0.0291. The van der Waals surface area contributed by atoms with Gasteiger partial charge in [-0.25, -0.2) is 22.5 Å². The van der Waals surface area contributed by atoms with Crippen LogP contribution in [0.3, 0.4) is 0 Å². The lowest BCUT2D eigenvalue weighted by molar-refractivity contribution is 0.459. The summed E-state index contributed by atoms with van der Waals surface area (Å²) in [6.45, 7) is 0. The number of hydrogen-bond donors (Lipinski definition) is 2. The molecular weight excluding hydrogens is 290 g/mol. The fourth-order valence-electron chi connectivity index (χ4n) is 1.24. The van der Waals surface area contributed by atoms with Crippen LogP contribution >= 0.6 is 0 Å². The monoisotopic (exact) mass is 295 g/mol. The van der Waals surface area contributed by atoms with Crippen molar-refractivity contribution < 1.29 is 26.0 Å². The fourth-order valence-corrected chi connectivity index (χ4v) is 2.21. The molecule has 0 aliphatic heterocycles. The van der Waals surface area contributed by atoms with Gasteiger partial charge in [-0.05, 0) is 0 Å². The molecule has 0 saturated carbocycles. The fraction of sp³-hybridized carbons (Fsp3) is 0. The molecule has 0 bridgehead atoms. The highest BCUT2D eigenvalue weighted by molar-refractivity contribution is 7.92. The molecule has 102 valence electrons. The Morgan fingerprint density at radius 2 is 1.68 bits per heavy atom. The van der Waals surface area contributed by atoms with E-state index in [0.29, 0.717) is 0 Å². The molecular formula is C9H5F4N3O2S.